The van der Waals surface area contributed by atoms with E-state index >= 15 is 0 Å². The van der Waals surface area contributed by atoms with Crippen LogP contribution in [-0.2, 0) is 21.7 Å². The molecule has 0 fully saturated rings. The van der Waals surface area contributed by atoms with Gasteiger partial charge in [-0.3, -0.25) is 0 Å². The molecule has 0 aromatic heterocycles. The number of nitrogens with one attached hydrogen (secondary N) is 4. The van der Waals surface area contributed by atoms with Gasteiger partial charge < -0.3 is 21.3 Å². The predicted molar refractivity (Wildman–Crippen MR) is 466 cm³/mol. The molecule has 110 heavy (non-hydrogen) atoms. The summed E-state index contributed by atoms with van der Waals surface area (Å²) in [5.41, 5.74) is 35.3. The number of hydrogen-bond donors (Lipinski definition) is 4. The molecule has 0 aliphatic heterocycles. The fraction of sp³-hybridized carbons (Fsp3) is 0.0943. The minimum absolute atomic E-state index is 0.0533. The topological polar surface area (TPSA) is 48.1 Å². The Morgan fingerprint density at radius 3 is 0.945 bits per heavy atom. The van der Waals surface area contributed by atoms with Crippen LogP contribution in [0.1, 0.15) is 104 Å². The van der Waals surface area contributed by atoms with Gasteiger partial charge in [0.25, 0.3) is 0 Å². The van der Waals surface area contributed by atoms with Crippen LogP contribution in [0.3, 0.4) is 0 Å². The molecule has 4 nitrogen and oxygen atoms in total. The van der Waals surface area contributed by atoms with Gasteiger partial charge >= 0.3 is 0 Å². The van der Waals surface area contributed by atoms with Crippen LogP contribution in [0.5, 0.6) is 0 Å². The monoisotopic (exact) mass is 1420 g/mol. The molecular weight excluding hydrogens is 1330 g/mol. The van der Waals surface area contributed by atoms with E-state index in [1.54, 1.807) is 0 Å². The van der Waals surface area contributed by atoms with Crippen LogP contribution in [0.25, 0.3) is 66.8 Å². The van der Waals surface area contributed by atoms with Crippen LogP contribution >= 0.6 is 0 Å². The number of anilines is 8. The Hall–Kier alpha value is -13.3. The average Bonchev–Trinajstić information content (AvgIpc) is 1.55. The fourth-order valence-electron chi connectivity index (χ4n) is 17.2. The maximum absolute atomic E-state index is 8.36. The zero-order valence-electron chi connectivity index (χ0n) is 67.7. The van der Waals surface area contributed by atoms with Gasteiger partial charge in [0.15, 0.2) is 0 Å². The highest BCUT2D eigenvalue weighted by Crippen LogP contribution is 2.58. The van der Waals surface area contributed by atoms with Crippen molar-refractivity contribution in [1.29, 1.82) is 0 Å². The maximum Gasteiger partial charge on any atom is 0.0714 e. The predicted octanol–water partition coefficient (Wildman–Crippen LogP) is 28.3. The lowest BCUT2D eigenvalue weighted by molar-refractivity contribution is 0.660. The molecular formula is C106H88N4. The largest absolute Gasteiger partial charge is 0.356 e. The summed E-state index contributed by atoms with van der Waals surface area (Å²) in [5.74, 6) is 0. The minimum Gasteiger partial charge on any atom is -0.356 e. The maximum atomic E-state index is 8.36. The van der Waals surface area contributed by atoms with Crippen molar-refractivity contribution in [1.82, 2.24) is 0 Å². The molecule has 4 heteroatoms. The Morgan fingerprint density at radius 2 is 0.482 bits per heavy atom. The fourth-order valence-corrected chi connectivity index (χ4v) is 17.2. The summed E-state index contributed by atoms with van der Waals surface area (Å²) in [6.45, 7) is 13.9. The zero-order valence-corrected chi connectivity index (χ0v) is 62.7. The zero-order chi connectivity index (χ0) is 79.2. The van der Waals surface area contributed by atoms with E-state index in [0.29, 0.717) is 5.69 Å². The highest BCUT2D eigenvalue weighted by atomic mass is 14.9. The highest BCUT2D eigenvalue weighted by molar-refractivity contribution is 5.90. The summed E-state index contributed by atoms with van der Waals surface area (Å²) >= 11 is 0. The Labute approximate surface area is 655 Å². The molecule has 0 heterocycles. The van der Waals surface area contributed by atoms with Crippen molar-refractivity contribution in [2.24, 2.45) is 0 Å². The van der Waals surface area contributed by atoms with Crippen molar-refractivity contribution < 1.29 is 6.85 Å². The second-order valence-corrected chi connectivity index (χ2v) is 30.3. The number of rotatable bonds is 12. The third-order valence-corrected chi connectivity index (χ3v) is 22.6. The van der Waals surface area contributed by atoms with Crippen molar-refractivity contribution >= 4 is 45.5 Å². The van der Waals surface area contributed by atoms with Crippen molar-refractivity contribution in [2.75, 3.05) is 21.3 Å². The minimum atomic E-state index is -0.577. The first-order chi connectivity index (χ1) is 55.9. The Kier molecular flexibility index (Phi) is 17.1. The molecule has 4 aliphatic rings. The Bertz CT molecular complexity index is 6230. The van der Waals surface area contributed by atoms with E-state index in [0.717, 1.165) is 61.9 Å². The standard InChI is InChI=1S/C31H23N.2C27H23N.C21H19N/c1-4-12-23(13-5-1)31(24-14-6-2-7-15-24)29-19-11-10-18-27(29)28-21-20-26(22-30(28)31)32-25-16-8-3-9-17-25;1-27(2)25-14-7-6-13-23(25)24-18-22(15-16-26(24)27)28-21-12-8-11-20(17-21)19-9-4-3-5-10-19;1-27(2)25-11-7-6-10-23(25)24-18-22(16-17-26(24)27)28-21-14-12-20(13-15-21)19-8-4-3-5-9-19;1-21(2)19-11-7-6-10-17(19)18-14-16(12-13-20(18)21)22-15-8-4-3-5-9-15/h1-22,32H;2*3-18,28H,1-2H3;3-14,22H,1-2H3/i3D,8D,9D,16D,17D;;;. The lowest BCUT2D eigenvalue weighted by Crippen LogP contribution is -2.28. The molecule has 0 saturated carbocycles. The van der Waals surface area contributed by atoms with Crippen molar-refractivity contribution in [3.63, 3.8) is 0 Å². The van der Waals surface area contributed by atoms with Crippen LogP contribution in [0.15, 0.2) is 400 Å². The molecule has 16 aromatic rings. The first-order valence-electron chi connectivity index (χ1n) is 40.5. The second kappa shape index (κ2) is 29.5. The highest BCUT2D eigenvalue weighted by Gasteiger charge is 2.46. The summed E-state index contributed by atoms with van der Waals surface area (Å²) in [4.78, 5) is 0. The summed E-state index contributed by atoms with van der Waals surface area (Å²) in [5, 5.41) is 13.8. The van der Waals surface area contributed by atoms with Gasteiger partial charge in [0, 0.05) is 61.7 Å². The summed E-state index contributed by atoms with van der Waals surface area (Å²) in [6, 6.07) is 129. The molecule has 0 unspecified atom stereocenters. The first kappa shape index (κ1) is 63.9. The summed E-state index contributed by atoms with van der Waals surface area (Å²) in [6.07, 6.45) is 0. The van der Waals surface area contributed by atoms with Gasteiger partial charge in [-0.05, 0) is 219 Å². The molecule has 0 amide bonds. The number of benzene rings is 16. The first-order valence-corrected chi connectivity index (χ1v) is 38.0. The summed E-state index contributed by atoms with van der Waals surface area (Å²) in [7, 11) is 0. The molecule has 0 saturated heterocycles. The van der Waals surface area contributed by atoms with E-state index in [1.165, 1.54) is 94.6 Å². The van der Waals surface area contributed by atoms with Crippen LogP contribution in [0.2, 0.25) is 0 Å². The Morgan fingerprint density at radius 1 is 0.191 bits per heavy atom. The Balaban J connectivity index is 0.000000112. The lowest BCUT2D eigenvalue weighted by atomic mass is 9.67. The van der Waals surface area contributed by atoms with E-state index in [9.17, 15) is 0 Å². The third-order valence-electron chi connectivity index (χ3n) is 22.6. The normalized spacial score (nSPS) is 14.3. The molecule has 16 aromatic carbocycles. The van der Waals surface area contributed by atoms with Gasteiger partial charge in [-0.15, -0.1) is 0 Å². The molecule has 4 aliphatic carbocycles. The quantitative estimate of drug-likeness (QED) is 0.0985. The molecule has 532 valence electrons. The van der Waals surface area contributed by atoms with Crippen molar-refractivity contribution in [2.45, 2.75) is 63.2 Å². The van der Waals surface area contributed by atoms with Gasteiger partial charge in [0.1, 0.15) is 0 Å². The molecule has 20 rings (SSSR count). The number of fused-ring (bicyclic) bond motifs is 12. The third kappa shape index (κ3) is 13.2. The summed E-state index contributed by atoms with van der Waals surface area (Å²) < 4.78 is 40.7. The van der Waals surface area contributed by atoms with Gasteiger partial charge in [-0.25, -0.2) is 0 Å². The van der Waals surface area contributed by atoms with Gasteiger partial charge in [-0.1, -0.05) is 345 Å². The average molecular weight is 1420 g/mol. The van der Waals surface area contributed by atoms with Gasteiger partial charge in [0.2, 0.25) is 0 Å². The molecule has 0 spiro atoms. The SMILES string of the molecule is CC1(C)c2ccccc2-c2cc(Nc3ccc(-c4ccccc4)cc3)ccc21.CC1(C)c2ccccc2-c2cc(Nc3cccc(-c4ccccc4)c3)ccc21.CC1(C)c2ccccc2-c2cc(Nc3ccccc3)ccc21.[2H]c1c([2H])c([2H])c(Nc2ccc3c(c2)C(c2ccccc2)(c2ccccc2)c2ccccc2-3)c([2H])c1[2H]. The molecule has 0 atom stereocenters. The van der Waals surface area contributed by atoms with E-state index < -0.39 is 11.5 Å². The van der Waals surface area contributed by atoms with Gasteiger partial charge in [-0.2, -0.15) is 0 Å². The van der Waals surface area contributed by atoms with E-state index in [1.807, 2.05) is 48.5 Å². The number of hydrogen-bond acceptors (Lipinski definition) is 4. The van der Waals surface area contributed by atoms with E-state index in [4.69, 9.17) is 6.85 Å². The molecule has 0 radical (unpaired) electrons. The second-order valence-electron chi connectivity index (χ2n) is 30.3. The van der Waals surface area contributed by atoms with Crippen LogP contribution in [-0.4, -0.2) is 0 Å². The van der Waals surface area contributed by atoms with E-state index in [2.05, 4.69) is 384 Å². The van der Waals surface area contributed by atoms with Crippen LogP contribution in [0, 0.1) is 0 Å². The van der Waals surface area contributed by atoms with Crippen LogP contribution in [0.4, 0.5) is 45.5 Å². The number of para-hydroxylation sites is 2. The lowest BCUT2D eigenvalue weighted by Gasteiger charge is -2.34. The van der Waals surface area contributed by atoms with Crippen LogP contribution < -0.4 is 21.3 Å². The van der Waals surface area contributed by atoms with E-state index in [-0.39, 0.29) is 46.1 Å². The van der Waals surface area contributed by atoms with Crippen molar-refractivity contribution in [3.8, 4) is 66.8 Å². The van der Waals surface area contributed by atoms with Gasteiger partial charge in [0.05, 0.1) is 12.3 Å². The van der Waals surface area contributed by atoms with Crippen molar-refractivity contribution in [3.05, 3.63) is 456 Å². The smallest absolute Gasteiger partial charge is 0.0714 e. The molecule has 0 bridgehead atoms. The molecule has 4 N–H and O–H groups in total.